The molecule has 2 heterocycles. The lowest BCUT2D eigenvalue weighted by Crippen LogP contribution is -1.91. The van der Waals surface area contributed by atoms with Crippen molar-refractivity contribution in [3.8, 4) is 0 Å². The van der Waals surface area contributed by atoms with E-state index in [1.807, 2.05) is 12.1 Å². The van der Waals surface area contributed by atoms with Gasteiger partial charge in [-0.05, 0) is 50.7 Å². The Kier molecular flexibility index (Phi) is 1.84. The molecule has 0 unspecified atom stereocenters. The summed E-state index contributed by atoms with van der Waals surface area (Å²) < 4.78 is 3.83. The number of rotatable bonds is 0. The van der Waals surface area contributed by atoms with Gasteiger partial charge in [0.25, 0.3) is 0 Å². The summed E-state index contributed by atoms with van der Waals surface area (Å²) in [5.74, 6) is 0. The minimum Gasteiger partial charge on any atom is -0.215 e. The van der Waals surface area contributed by atoms with Crippen LogP contribution in [-0.4, -0.2) is 14.6 Å². The fraction of sp³-hybridized carbons (Fsp3) is 0. The highest BCUT2D eigenvalue weighted by atomic mass is 127. The summed E-state index contributed by atoms with van der Waals surface area (Å²) in [5, 5.41) is 4.03. The van der Waals surface area contributed by atoms with Gasteiger partial charge in [-0.3, -0.25) is 0 Å². The van der Waals surface area contributed by atoms with Crippen molar-refractivity contribution in [1.29, 1.82) is 0 Å². The van der Waals surface area contributed by atoms with E-state index in [4.69, 9.17) is 0 Å². The molecule has 0 aliphatic carbocycles. The number of nitrogens with zero attached hydrogens (tertiary/aromatic N) is 3. The third-order valence-corrected chi connectivity index (χ3v) is 3.71. The van der Waals surface area contributed by atoms with Crippen molar-refractivity contribution in [1.82, 2.24) is 14.6 Å². The Bertz CT molecular complexity index is 398. The molecule has 2 rings (SSSR count). The van der Waals surface area contributed by atoms with Crippen molar-refractivity contribution in [2.24, 2.45) is 0 Å². The maximum absolute atomic E-state index is 4.04. The summed E-state index contributed by atoms with van der Waals surface area (Å²) in [6.45, 7) is 0. The average Bonchev–Trinajstić information content (AvgIpc) is 2.45. The maximum atomic E-state index is 4.04. The third kappa shape index (κ3) is 1.16. The number of aromatic nitrogens is 3. The molecule has 0 radical (unpaired) electrons. The second kappa shape index (κ2) is 2.71. The van der Waals surface area contributed by atoms with Crippen LogP contribution in [-0.2, 0) is 0 Å². The highest BCUT2D eigenvalue weighted by molar-refractivity contribution is 14.1. The molecular weight excluding hydrogens is 321 g/mol. The van der Waals surface area contributed by atoms with Crippen LogP contribution in [0.2, 0.25) is 0 Å². The third-order valence-electron chi connectivity index (χ3n) is 1.34. The molecule has 0 saturated heterocycles. The highest BCUT2D eigenvalue weighted by Gasteiger charge is 2.02. The average molecular weight is 324 g/mol. The number of fused-ring (bicyclic) bond motifs is 1. The van der Waals surface area contributed by atoms with Crippen molar-refractivity contribution in [3.63, 3.8) is 0 Å². The fourth-order valence-electron chi connectivity index (χ4n) is 0.833. The van der Waals surface area contributed by atoms with E-state index >= 15 is 0 Å². The predicted molar refractivity (Wildman–Crippen MR) is 53.4 cm³/mol. The molecule has 0 amide bonds. The Morgan fingerprint density at radius 1 is 1.45 bits per heavy atom. The van der Waals surface area contributed by atoms with Gasteiger partial charge >= 0.3 is 0 Å². The molecule has 5 heteroatoms. The van der Waals surface area contributed by atoms with E-state index in [-0.39, 0.29) is 0 Å². The summed E-state index contributed by atoms with van der Waals surface area (Å²) in [7, 11) is 0. The maximum Gasteiger partial charge on any atom is 0.156 e. The zero-order chi connectivity index (χ0) is 7.84. The van der Waals surface area contributed by atoms with E-state index in [0.717, 1.165) is 13.8 Å². The number of hydrogen-bond acceptors (Lipinski definition) is 2. The van der Waals surface area contributed by atoms with Gasteiger partial charge in [-0.25, -0.2) is 9.50 Å². The van der Waals surface area contributed by atoms with Crippen molar-refractivity contribution in [2.75, 3.05) is 0 Å². The molecule has 0 saturated carbocycles. The largest absolute Gasteiger partial charge is 0.215 e. The van der Waals surface area contributed by atoms with Crippen LogP contribution in [0.5, 0.6) is 0 Å². The van der Waals surface area contributed by atoms with Gasteiger partial charge in [0.1, 0.15) is 10.9 Å². The molecule has 0 aromatic carbocycles. The van der Waals surface area contributed by atoms with E-state index in [1.165, 1.54) is 6.33 Å². The molecule has 0 aliphatic rings. The van der Waals surface area contributed by atoms with Gasteiger partial charge in [0.15, 0.2) is 5.65 Å². The summed E-state index contributed by atoms with van der Waals surface area (Å²) in [6, 6.07) is 3.92. The molecule has 0 atom stereocenters. The smallest absolute Gasteiger partial charge is 0.156 e. The minimum absolute atomic E-state index is 0.859. The Labute approximate surface area is 85.1 Å². The van der Waals surface area contributed by atoms with Crippen LogP contribution in [0.3, 0.4) is 0 Å². The lowest BCUT2D eigenvalue weighted by atomic mass is 10.5. The predicted octanol–water partition coefficient (Wildman–Crippen LogP) is 2.10. The van der Waals surface area contributed by atoms with Crippen LogP contribution < -0.4 is 0 Å². The molecule has 0 bridgehead atoms. The van der Waals surface area contributed by atoms with Crippen molar-refractivity contribution in [3.05, 3.63) is 26.6 Å². The quantitative estimate of drug-likeness (QED) is 0.549. The Morgan fingerprint density at radius 2 is 2.27 bits per heavy atom. The zero-order valence-electron chi connectivity index (χ0n) is 5.33. The van der Waals surface area contributed by atoms with Gasteiger partial charge < -0.3 is 0 Å². The van der Waals surface area contributed by atoms with Crippen LogP contribution in [0.1, 0.15) is 0 Å². The minimum atomic E-state index is 0.859. The normalized spacial score (nSPS) is 10.7. The van der Waals surface area contributed by atoms with Gasteiger partial charge in [0.05, 0.1) is 0 Å². The number of halogens is 2. The summed E-state index contributed by atoms with van der Waals surface area (Å²) in [4.78, 5) is 4.04. The van der Waals surface area contributed by atoms with Gasteiger partial charge in [-0.1, -0.05) is 0 Å². The summed E-state index contributed by atoms with van der Waals surface area (Å²) in [5.41, 5.74) is 0.859. The molecule has 56 valence electrons. The van der Waals surface area contributed by atoms with Crippen molar-refractivity contribution < 1.29 is 0 Å². The standard InChI is InChI=1S/C6H3BrIN3/c7-6-4(8)1-2-5-9-3-10-11(5)6/h1-3H. The van der Waals surface area contributed by atoms with Crippen LogP contribution in [0, 0.1) is 3.57 Å². The van der Waals surface area contributed by atoms with Crippen LogP contribution in [0.4, 0.5) is 0 Å². The van der Waals surface area contributed by atoms with E-state index in [9.17, 15) is 0 Å². The van der Waals surface area contributed by atoms with Gasteiger partial charge in [0, 0.05) is 3.57 Å². The Morgan fingerprint density at radius 3 is 3.09 bits per heavy atom. The molecule has 0 spiro atoms. The topological polar surface area (TPSA) is 30.2 Å². The number of pyridine rings is 1. The first-order chi connectivity index (χ1) is 5.29. The molecule has 0 aliphatic heterocycles. The van der Waals surface area contributed by atoms with Crippen LogP contribution in [0.25, 0.3) is 5.65 Å². The Hall–Kier alpha value is -0.170. The zero-order valence-corrected chi connectivity index (χ0v) is 9.07. The lowest BCUT2D eigenvalue weighted by Gasteiger charge is -1.96. The highest BCUT2D eigenvalue weighted by Crippen LogP contribution is 2.18. The molecule has 11 heavy (non-hydrogen) atoms. The lowest BCUT2D eigenvalue weighted by molar-refractivity contribution is 0.929. The van der Waals surface area contributed by atoms with Gasteiger partial charge in [-0.15, -0.1) is 0 Å². The van der Waals surface area contributed by atoms with Crippen molar-refractivity contribution in [2.45, 2.75) is 0 Å². The fourth-order valence-corrected chi connectivity index (χ4v) is 1.65. The second-order valence-electron chi connectivity index (χ2n) is 2.00. The summed E-state index contributed by atoms with van der Waals surface area (Å²) in [6.07, 6.45) is 1.54. The number of hydrogen-bond donors (Lipinski definition) is 0. The van der Waals surface area contributed by atoms with Crippen molar-refractivity contribution >= 4 is 44.2 Å². The molecule has 2 aromatic heterocycles. The molecule has 0 fully saturated rings. The molecular formula is C6H3BrIN3. The van der Waals surface area contributed by atoms with E-state index in [2.05, 4.69) is 48.6 Å². The first kappa shape index (κ1) is 7.48. The van der Waals surface area contributed by atoms with Crippen LogP contribution in [0.15, 0.2) is 23.1 Å². The van der Waals surface area contributed by atoms with Gasteiger partial charge in [-0.2, -0.15) is 5.10 Å². The van der Waals surface area contributed by atoms with E-state index in [0.29, 0.717) is 0 Å². The molecule has 0 N–H and O–H groups in total. The Balaban J connectivity index is 2.93. The first-order valence-corrected chi connectivity index (χ1v) is 4.80. The van der Waals surface area contributed by atoms with E-state index < -0.39 is 0 Å². The summed E-state index contributed by atoms with van der Waals surface area (Å²) >= 11 is 5.65. The SMILES string of the molecule is Brc1c(I)ccc2ncnn12. The molecule has 2 aromatic rings. The van der Waals surface area contributed by atoms with Gasteiger partial charge in [0.2, 0.25) is 0 Å². The first-order valence-electron chi connectivity index (χ1n) is 2.93. The monoisotopic (exact) mass is 323 g/mol. The molecule has 3 nitrogen and oxygen atoms in total. The van der Waals surface area contributed by atoms with Crippen LogP contribution >= 0.6 is 38.5 Å². The second-order valence-corrected chi connectivity index (χ2v) is 3.92. The van der Waals surface area contributed by atoms with E-state index in [1.54, 1.807) is 4.52 Å².